The molecule has 0 heterocycles. The van der Waals surface area contributed by atoms with Gasteiger partial charge in [0.1, 0.15) is 0 Å². The van der Waals surface area contributed by atoms with Gasteiger partial charge in [-0.2, -0.15) is 0 Å². The smallest absolute Gasteiger partial charge is 0.217 e. The summed E-state index contributed by atoms with van der Waals surface area (Å²) in [6.45, 7) is 7.38. The van der Waals surface area contributed by atoms with Crippen LogP contribution in [0.2, 0.25) is 0 Å². The van der Waals surface area contributed by atoms with Crippen LogP contribution in [0.15, 0.2) is 42.5 Å². The van der Waals surface area contributed by atoms with E-state index in [9.17, 15) is 4.79 Å². The third kappa shape index (κ3) is 3.98. The van der Waals surface area contributed by atoms with Crippen LogP contribution in [0.3, 0.4) is 0 Å². The predicted molar refractivity (Wildman–Crippen MR) is 62.4 cm³/mol. The first kappa shape index (κ1) is 11.5. The highest BCUT2D eigenvalue weighted by molar-refractivity contribution is 5.73. The lowest BCUT2D eigenvalue weighted by molar-refractivity contribution is -0.119. The Morgan fingerprint density at radius 1 is 1.33 bits per heavy atom. The first-order valence-corrected chi connectivity index (χ1v) is 5.06. The van der Waals surface area contributed by atoms with Crippen molar-refractivity contribution >= 4 is 5.91 Å². The second-order valence-electron chi connectivity index (χ2n) is 3.83. The van der Waals surface area contributed by atoms with E-state index in [1.165, 1.54) is 6.92 Å². The third-order valence-corrected chi connectivity index (χ3v) is 2.13. The fourth-order valence-corrected chi connectivity index (χ4v) is 1.53. The van der Waals surface area contributed by atoms with E-state index >= 15 is 0 Å². The standard InChI is InChI=1S/C13H17NO/c1-10(2)9-13(14-11(3)15)12-7-5-4-6-8-12/h4-8,13H,1,9H2,2-3H3,(H,14,15)/t13-/m1/s1. The Balaban J connectivity index is 2.81. The number of benzene rings is 1. The molecule has 1 rings (SSSR count). The first-order chi connectivity index (χ1) is 7.09. The molecule has 0 aliphatic carbocycles. The van der Waals surface area contributed by atoms with Gasteiger partial charge in [0.25, 0.3) is 0 Å². The third-order valence-electron chi connectivity index (χ3n) is 2.13. The van der Waals surface area contributed by atoms with Gasteiger partial charge in [-0.3, -0.25) is 4.79 Å². The maximum absolute atomic E-state index is 11.1. The minimum atomic E-state index is -0.00916. The van der Waals surface area contributed by atoms with Gasteiger partial charge in [-0.15, -0.1) is 6.58 Å². The Labute approximate surface area is 91.0 Å². The zero-order valence-electron chi connectivity index (χ0n) is 9.29. The van der Waals surface area contributed by atoms with E-state index < -0.39 is 0 Å². The number of amides is 1. The van der Waals surface area contributed by atoms with E-state index in [2.05, 4.69) is 11.9 Å². The van der Waals surface area contributed by atoms with Gasteiger partial charge in [0.15, 0.2) is 0 Å². The topological polar surface area (TPSA) is 29.1 Å². The predicted octanol–water partition coefficient (Wildman–Crippen LogP) is 2.83. The van der Waals surface area contributed by atoms with E-state index in [0.717, 1.165) is 17.6 Å². The molecule has 1 atom stereocenters. The summed E-state index contributed by atoms with van der Waals surface area (Å²) in [6, 6.07) is 9.99. The Morgan fingerprint density at radius 3 is 2.40 bits per heavy atom. The van der Waals surface area contributed by atoms with Gasteiger partial charge in [-0.25, -0.2) is 0 Å². The lowest BCUT2D eigenvalue weighted by Gasteiger charge is -2.18. The summed E-state index contributed by atoms with van der Waals surface area (Å²) in [5.74, 6) is -0.00916. The van der Waals surface area contributed by atoms with Gasteiger partial charge in [-0.1, -0.05) is 35.9 Å². The van der Waals surface area contributed by atoms with E-state index in [4.69, 9.17) is 0 Å². The lowest BCUT2D eigenvalue weighted by Crippen LogP contribution is -2.26. The average Bonchev–Trinajstić information content (AvgIpc) is 2.17. The Hall–Kier alpha value is -1.57. The molecule has 0 unspecified atom stereocenters. The molecule has 0 aliphatic heterocycles. The number of nitrogens with one attached hydrogen (secondary N) is 1. The maximum atomic E-state index is 11.1. The van der Waals surface area contributed by atoms with Crippen LogP contribution < -0.4 is 5.32 Å². The van der Waals surface area contributed by atoms with Crippen LogP contribution in [0.1, 0.15) is 31.9 Å². The molecule has 1 amide bonds. The summed E-state index contributed by atoms with van der Waals surface area (Å²) < 4.78 is 0. The number of rotatable bonds is 4. The van der Waals surface area contributed by atoms with Crippen molar-refractivity contribution in [3.05, 3.63) is 48.0 Å². The molecular formula is C13H17NO. The van der Waals surface area contributed by atoms with Gasteiger partial charge in [0.2, 0.25) is 5.91 Å². The molecule has 0 spiro atoms. The Morgan fingerprint density at radius 2 is 1.93 bits per heavy atom. The van der Waals surface area contributed by atoms with E-state index in [-0.39, 0.29) is 11.9 Å². The van der Waals surface area contributed by atoms with Crippen LogP contribution in [-0.2, 0) is 4.79 Å². The van der Waals surface area contributed by atoms with Crippen molar-refractivity contribution in [3.8, 4) is 0 Å². The number of hydrogen-bond donors (Lipinski definition) is 1. The first-order valence-electron chi connectivity index (χ1n) is 5.06. The minimum absolute atomic E-state index is 0.00916. The van der Waals surface area contributed by atoms with Crippen molar-refractivity contribution in [2.75, 3.05) is 0 Å². The molecule has 0 aliphatic rings. The SMILES string of the molecule is C=C(C)C[C@@H](NC(C)=O)c1ccccc1. The summed E-state index contributed by atoms with van der Waals surface area (Å²) in [5.41, 5.74) is 2.19. The molecule has 1 N–H and O–H groups in total. The number of carbonyl (C=O) groups is 1. The minimum Gasteiger partial charge on any atom is -0.349 e. The van der Waals surface area contributed by atoms with Crippen molar-refractivity contribution in [3.63, 3.8) is 0 Å². The molecule has 2 heteroatoms. The Kier molecular flexibility index (Phi) is 4.10. The van der Waals surface area contributed by atoms with Crippen molar-refractivity contribution in [2.45, 2.75) is 26.3 Å². The van der Waals surface area contributed by atoms with Gasteiger partial charge >= 0.3 is 0 Å². The zero-order chi connectivity index (χ0) is 11.3. The summed E-state index contributed by atoms with van der Waals surface area (Å²) in [6.07, 6.45) is 0.781. The summed E-state index contributed by atoms with van der Waals surface area (Å²) in [7, 11) is 0. The summed E-state index contributed by atoms with van der Waals surface area (Å²) in [5, 5.41) is 2.93. The molecule has 0 saturated heterocycles. The van der Waals surface area contributed by atoms with E-state index in [1.807, 2.05) is 37.3 Å². The van der Waals surface area contributed by atoms with Crippen molar-refractivity contribution in [1.29, 1.82) is 0 Å². The van der Waals surface area contributed by atoms with Crippen LogP contribution in [0.4, 0.5) is 0 Å². The molecule has 0 aromatic heterocycles. The second-order valence-corrected chi connectivity index (χ2v) is 3.83. The normalized spacial score (nSPS) is 11.9. The lowest BCUT2D eigenvalue weighted by atomic mass is 10.0. The highest BCUT2D eigenvalue weighted by Crippen LogP contribution is 2.19. The molecule has 2 nitrogen and oxygen atoms in total. The van der Waals surface area contributed by atoms with Crippen molar-refractivity contribution in [1.82, 2.24) is 5.32 Å². The highest BCUT2D eigenvalue weighted by Gasteiger charge is 2.11. The molecule has 1 aromatic carbocycles. The van der Waals surface area contributed by atoms with Gasteiger partial charge < -0.3 is 5.32 Å². The summed E-state index contributed by atoms with van der Waals surface area (Å²) >= 11 is 0. The van der Waals surface area contributed by atoms with Crippen LogP contribution >= 0.6 is 0 Å². The van der Waals surface area contributed by atoms with Crippen LogP contribution in [-0.4, -0.2) is 5.91 Å². The van der Waals surface area contributed by atoms with Crippen molar-refractivity contribution < 1.29 is 4.79 Å². The van der Waals surface area contributed by atoms with Crippen molar-refractivity contribution in [2.24, 2.45) is 0 Å². The molecule has 0 fully saturated rings. The molecule has 15 heavy (non-hydrogen) atoms. The van der Waals surface area contributed by atoms with Gasteiger partial charge in [0, 0.05) is 6.92 Å². The number of hydrogen-bond acceptors (Lipinski definition) is 1. The van der Waals surface area contributed by atoms with E-state index in [1.54, 1.807) is 0 Å². The second kappa shape index (κ2) is 5.35. The largest absolute Gasteiger partial charge is 0.349 e. The van der Waals surface area contributed by atoms with E-state index in [0.29, 0.717) is 0 Å². The van der Waals surface area contributed by atoms with Crippen LogP contribution in [0, 0.1) is 0 Å². The Bertz CT molecular complexity index is 327. The van der Waals surface area contributed by atoms with Gasteiger partial charge in [0.05, 0.1) is 6.04 Å². The molecule has 0 bridgehead atoms. The zero-order valence-corrected chi connectivity index (χ0v) is 9.29. The fraction of sp³-hybridized carbons (Fsp3) is 0.308. The highest BCUT2D eigenvalue weighted by atomic mass is 16.1. The molecule has 1 aromatic rings. The average molecular weight is 203 g/mol. The fourth-order valence-electron chi connectivity index (χ4n) is 1.53. The molecule has 0 saturated carbocycles. The van der Waals surface area contributed by atoms with Crippen LogP contribution in [0.25, 0.3) is 0 Å². The maximum Gasteiger partial charge on any atom is 0.217 e. The van der Waals surface area contributed by atoms with Crippen LogP contribution in [0.5, 0.6) is 0 Å². The molecular weight excluding hydrogens is 186 g/mol. The van der Waals surface area contributed by atoms with Gasteiger partial charge in [-0.05, 0) is 18.9 Å². The quantitative estimate of drug-likeness (QED) is 0.749. The monoisotopic (exact) mass is 203 g/mol. The molecule has 0 radical (unpaired) electrons. The molecule has 80 valence electrons. The summed E-state index contributed by atoms with van der Waals surface area (Å²) in [4.78, 5) is 11.1. The number of carbonyl (C=O) groups excluding carboxylic acids is 1.